The Balaban J connectivity index is 3.21. The standard InChI is InChI=1S/C8H10ClNS/c1-2-5-3-6(9)8(11)4-7(5)10/h3-4,11H,2,10H2,1H3. The van der Waals surface area contributed by atoms with E-state index in [2.05, 4.69) is 12.6 Å². The number of benzene rings is 1. The highest BCUT2D eigenvalue weighted by Gasteiger charge is 2.01. The Morgan fingerprint density at radius 1 is 1.55 bits per heavy atom. The number of hydrogen-bond acceptors (Lipinski definition) is 2. The number of aryl methyl sites for hydroxylation is 1. The van der Waals surface area contributed by atoms with Crippen LogP contribution in [0.2, 0.25) is 5.02 Å². The molecular weight excluding hydrogens is 178 g/mol. The Labute approximate surface area is 77.0 Å². The molecule has 0 aliphatic carbocycles. The summed E-state index contributed by atoms with van der Waals surface area (Å²) in [7, 11) is 0. The van der Waals surface area contributed by atoms with Crippen molar-refractivity contribution in [1.29, 1.82) is 0 Å². The molecule has 0 aliphatic rings. The molecule has 0 aromatic heterocycles. The number of nitrogens with two attached hydrogens (primary N) is 1. The maximum absolute atomic E-state index is 5.83. The lowest BCUT2D eigenvalue weighted by Gasteiger charge is -2.04. The molecule has 0 saturated heterocycles. The van der Waals surface area contributed by atoms with Crippen LogP contribution in [-0.2, 0) is 6.42 Å². The molecule has 1 aromatic rings. The third-order valence-electron chi connectivity index (χ3n) is 1.59. The molecule has 2 N–H and O–H groups in total. The molecule has 0 amide bonds. The molecule has 0 fully saturated rings. The number of thiol groups is 1. The van der Waals surface area contributed by atoms with Crippen LogP contribution < -0.4 is 5.73 Å². The van der Waals surface area contributed by atoms with Gasteiger partial charge in [-0.05, 0) is 24.1 Å². The Morgan fingerprint density at radius 2 is 2.18 bits per heavy atom. The van der Waals surface area contributed by atoms with Gasteiger partial charge in [-0.1, -0.05) is 18.5 Å². The molecule has 60 valence electrons. The number of anilines is 1. The van der Waals surface area contributed by atoms with Gasteiger partial charge >= 0.3 is 0 Å². The summed E-state index contributed by atoms with van der Waals surface area (Å²) in [6.45, 7) is 2.04. The van der Waals surface area contributed by atoms with Crippen molar-refractivity contribution in [3.05, 3.63) is 22.7 Å². The summed E-state index contributed by atoms with van der Waals surface area (Å²) in [6, 6.07) is 3.64. The predicted octanol–water partition coefficient (Wildman–Crippen LogP) is 2.77. The second-order valence-electron chi connectivity index (χ2n) is 2.36. The van der Waals surface area contributed by atoms with Crippen molar-refractivity contribution in [1.82, 2.24) is 0 Å². The molecule has 0 heterocycles. The number of nitrogen functional groups attached to an aromatic ring is 1. The average molecular weight is 188 g/mol. The van der Waals surface area contributed by atoms with Gasteiger partial charge in [-0.15, -0.1) is 12.6 Å². The van der Waals surface area contributed by atoms with Crippen LogP contribution in [0.1, 0.15) is 12.5 Å². The Kier molecular flexibility index (Phi) is 2.68. The van der Waals surface area contributed by atoms with Gasteiger partial charge in [0.2, 0.25) is 0 Å². The van der Waals surface area contributed by atoms with E-state index in [-0.39, 0.29) is 0 Å². The fraction of sp³-hybridized carbons (Fsp3) is 0.250. The monoisotopic (exact) mass is 187 g/mol. The minimum absolute atomic E-state index is 0.666. The summed E-state index contributed by atoms with van der Waals surface area (Å²) < 4.78 is 0. The van der Waals surface area contributed by atoms with E-state index in [1.165, 1.54) is 0 Å². The van der Waals surface area contributed by atoms with Gasteiger partial charge in [0, 0.05) is 10.6 Å². The van der Waals surface area contributed by atoms with Gasteiger partial charge in [-0.3, -0.25) is 0 Å². The fourth-order valence-electron chi connectivity index (χ4n) is 0.925. The van der Waals surface area contributed by atoms with Gasteiger partial charge in [0.15, 0.2) is 0 Å². The van der Waals surface area contributed by atoms with Crippen molar-refractivity contribution in [3.8, 4) is 0 Å². The minimum atomic E-state index is 0.666. The van der Waals surface area contributed by atoms with Gasteiger partial charge < -0.3 is 5.73 Å². The van der Waals surface area contributed by atoms with Gasteiger partial charge in [0.25, 0.3) is 0 Å². The van der Waals surface area contributed by atoms with Crippen LogP contribution in [0.25, 0.3) is 0 Å². The predicted molar refractivity (Wildman–Crippen MR) is 52.5 cm³/mol. The van der Waals surface area contributed by atoms with Crippen LogP contribution in [0.15, 0.2) is 17.0 Å². The molecule has 1 nitrogen and oxygen atoms in total. The lowest BCUT2D eigenvalue weighted by atomic mass is 10.1. The van der Waals surface area contributed by atoms with Crippen molar-refractivity contribution in [2.75, 3.05) is 5.73 Å². The Bertz CT molecular complexity index is 273. The van der Waals surface area contributed by atoms with E-state index in [4.69, 9.17) is 17.3 Å². The zero-order valence-electron chi connectivity index (χ0n) is 6.26. The van der Waals surface area contributed by atoms with Gasteiger partial charge in [0.05, 0.1) is 5.02 Å². The summed E-state index contributed by atoms with van der Waals surface area (Å²) in [5.74, 6) is 0. The van der Waals surface area contributed by atoms with E-state index in [0.717, 1.165) is 22.6 Å². The molecule has 0 unspecified atom stereocenters. The first-order valence-electron chi connectivity index (χ1n) is 3.42. The lowest BCUT2D eigenvalue weighted by molar-refractivity contribution is 1.14. The fourth-order valence-corrected chi connectivity index (χ4v) is 1.32. The normalized spacial score (nSPS) is 10.1. The molecule has 3 heteroatoms. The Hall–Kier alpha value is -0.340. The third kappa shape index (κ3) is 1.82. The first-order chi connectivity index (χ1) is 5.15. The molecule has 1 aromatic carbocycles. The van der Waals surface area contributed by atoms with Crippen LogP contribution in [0.5, 0.6) is 0 Å². The molecule has 0 saturated carbocycles. The first-order valence-corrected chi connectivity index (χ1v) is 4.24. The van der Waals surface area contributed by atoms with Gasteiger partial charge in [0.1, 0.15) is 0 Å². The quantitative estimate of drug-likeness (QED) is 0.513. The van der Waals surface area contributed by atoms with Crippen molar-refractivity contribution < 1.29 is 0 Å². The van der Waals surface area contributed by atoms with E-state index in [0.29, 0.717) is 5.02 Å². The second kappa shape index (κ2) is 3.37. The maximum atomic E-state index is 5.83. The highest BCUT2D eigenvalue weighted by Crippen LogP contribution is 2.26. The molecule has 1 rings (SSSR count). The van der Waals surface area contributed by atoms with Gasteiger partial charge in [-0.2, -0.15) is 0 Å². The molecule has 0 bridgehead atoms. The lowest BCUT2D eigenvalue weighted by Crippen LogP contribution is -1.92. The van der Waals surface area contributed by atoms with Crippen LogP contribution in [0.3, 0.4) is 0 Å². The van der Waals surface area contributed by atoms with Crippen LogP contribution in [0.4, 0.5) is 5.69 Å². The zero-order valence-corrected chi connectivity index (χ0v) is 7.91. The van der Waals surface area contributed by atoms with Crippen molar-refractivity contribution >= 4 is 29.9 Å². The smallest absolute Gasteiger partial charge is 0.0543 e. The third-order valence-corrected chi connectivity index (χ3v) is 2.40. The summed E-state index contributed by atoms with van der Waals surface area (Å²) in [6.07, 6.45) is 0.902. The van der Waals surface area contributed by atoms with Crippen LogP contribution in [0, 0.1) is 0 Å². The molecule has 0 radical (unpaired) electrons. The van der Waals surface area contributed by atoms with Crippen LogP contribution >= 0.6 is 24.2 Å². The zero-order chi connectivity index (χ0) is 8.43. The molecule has 0 atom stereocenters. The van der Waals surface area contributed by atoms with Crippen molar-refractivity contribution in [3.63, 3.8) is 0 Å². The number of rotatable bonds is 1. The summed E-state index contributed by atoms with van der Waals surface area (Å²) >= 11 is 9.97. The second-order valence-corrected chi connectivity index (χ2v) is 3.24. The highest BCUT2D eigenvalue weighted by atomic mass is 35.5. The number of halogens is 1. The van der Waals surface area contributed by atoms with E-state index in [1.807, 2.05) is 13.0 Å². The summed E-state index contributed by atoms with van der Waals surface area (Å²) in [5.41, 5.74) is 7.54. The van der Waals surface area contributed by atoms with Crippen molar-refractivity contribution in [2.45, 2.75) is 18.2 Å². The molecule has 11 heavy (non-hydrogen) atoms. The first kappa shape index (κ1) is 8.75. The molecular formula is C8H10ClNS. The maximum Gasteiger partial charge on any atom is 0.0543 e. The van der Waals surface area contributed by atoms with Gasteiger partial charge in [-0.25, -0.2) is 0 Å². The summed E-state index contributed by atoms with van der Waals surface area (Å²) in [5, 5.41) is 0.666. The minimum Gasteiger partial charge on any atom is -0.398 e. The van der Waals surface area contributed by atoms with E-state index in [1.54, 1.807) is 6.07 Å². The van der Waals surface area contributed by atoms with E-state index < -0.39 is 0 Å². The Morgan fingerprint density at radius 3 is 2.73 bits per heavy atom. The highest BCUT2D eigenvalue weighted by molar-refractivity contribution is 7.80. The van der Waals surface area contributed by atoms with Crippen LogP contribution in [-0.4, -0.2) is 0 Å². The topological polar surface area (TPSA) is 26.0 Å². The van der Waals surface area contributed by atoms with E-state index >= 15 is 0 Å². The van der Waals surface area contributed by atoms with E-state index in [9.17, 15) is 0 Å². The average Bonchev–Trinajstić information content (AvgIpc) is 1.97. The molecule has 0 spiro atoms. The summed E-state index contributed by atoms with van der Waals surface area (Å²) in [4.78, 5) is 0.737. The van der Waals surface area contributed by atoms with Crippen molar-refractivity contribution in [2.24, 2.45) is 0 Å². The SMILES string of the molecule is CCc1cc(Cl)c(S)cc1N. The number of hydrogen-bond donors (Lipinski definition) is 2. The largest absolute Gasteiger partial charge is 0.398 e. The molecule has 0 aliphatic heterocycles.